The molecule has 5 heteroatoms. The summed E-state index contributed by atoms with van der Waals surface area (Å²) in [6.45, 7) is 1.88. The van der Waals surface area contributed by atoms with Gasteiger partial charge in [0, 0.05) is 13.1 Å². The van der Waals surface area contributed by atoms with Crippen molar-refractivity contribution < 1.29 is 14.3 Å². The third-order valence-electron chi connectivity index (χ3n) is 4.44. The lowest BCUT2D eigenvalue weighted by atomic mass is 9.90. The predicted octanol–water partition coefficient (Wildman–Crippen LogP) is 0.983. The van der Waals surface area contributed by atoms with Crippen molar-refractivity contribution in [1.29, 1.82) is 0 Å². The quantitative estimate of drug-likeness (QED) is 0.905. The number of hydrogen-bond donors (Lipinski definition) is 1. The number of nitrogens with one attached hydrogen (secondary N) is 1. The molecule has 2 heterocycles. The summed E-state index contributed by atoms with van der Waals surface area (Å²) < 4.78 is 5.15. The van der Waals surface area contributed by atoms with E-state index in [4.69, 9.17) is 4.74 Å². The third kappa shape index (κ3) is 3.65. The lowest BCUT2D eigenvalue weighted by molar-refractivity contribution is -0.145. The van der Waals surface area contributed by atoms with E-state index in [1.54, 1.807) is 0 Å². The molecule has 2 aliphatic rings. The van der Waals surface area contributed by atoms with Crippen LogP contribution in [0.2, 0.25) is 0 Å². The van der Waals surface area contributed by atoms with Crippen molar-refractivity contribution in [2.24, 2.45) is 5.92 Å². The Morgan fingerprint density at radius 1 is 1.23 bits per heavy atom. The summed E-state index contributed by atoms with van der Waals surface area (Å²) in [7, 11) is 0. The summed E-state index contributed by atoms with van der Waals surface area (Å²) in [5.41, 5.74) is 1.36. The number of rotatable bonds is 3. The second-order valence-electron chi connectivity index (χ2n) is 6.09. The first kappa shape index (κ1) is 15.0. The maximum atomic E-state index is 12.4. The molecule has 2 fully saturated rings. The van der Waals surface area contributed by atoms with E-state index in [1.807, 2.05) is 11.0 Å². The van der Waals surface area contributed by atoms with Crippen molar-refractivity contribution in [3.8, 4) is 0 Å². The standard InChI is InChI=1S/C17H22N2O3/c20-16-12-22-11-15(18-16)17(21)19-8-6-14(7-9-19)10-13-4-2-1-3-5-13/h1-5,14-15H,6-12H2,(H,18,20). The summed E-state index contributed by atoms with van der Waals surface area (Å²) >= 11 is 0. The number of amides is 2. The molecule has 5 nitrogen and oxygen atoms in total. The topological polar surface area (TPSA) is 58.6 Å². The van der Waals surface area contributed by atoms with Crippen LogP contribution in [-0.2, 0) is 20.7 Å². The molecule has 1 atom stereocenters. The normalized spacial score (nSPS) is 23.2. The Hall–Kier alpha value is -1.88. The summed E-state index contributed by atoms with van der Waals surface area (Å²) in [6, 6.07) is 9.98. The molecule has 0 bridgehead atoms. The number of likely N-dealkylation sites (tertiary alicyclic amines) is 1. The fraction of sp³-hybridized carbons (Fsp3) is 0.529. The van der Waals surface area contributed by atoms with E-state index in [2.05, 4.69) is 29.6 Å². The zero-order chi connectivity index (χ0) is 15.4. The molecule has 3 rings (SSSR count). The zero-order valence-corrected chi connectivity index (χ0v) is 12.7. The van der Waals surface area contributed by atoms with Gasteiger partial charge < -0.3 is 15.0 Å². The van der Waals surface area contributed by atoms with Gasteiger partial charge in [0.2, 0.25) is 11.8 Å². The van der Waals surface area contributed by atoms with Gasteiger partial charge in [-0.25, -0.2) is 0 Å². The van der Waals surface area contributed by atoms with Crippen LogP contribution in [0.5, 0.6) is 0 Å². The highest BCUT2D eigenvalue weighted by molar-refractivity contribution is 5.89. The average molecular weight is 302 g/mol. The summed E-state index contributed by atoms with van der Waals surface area (Å²) in [5, 5.41) is 2.71. The number of benzene rings is 1. The molecule has 1 aromatic carbocycles. The Labute approximate surface area is 130 Å². The van der Waals surface area contributed by atoms with E-state index in [0.29, 0.717) is 5.92 Å². The molecule has 0 radical (unpaired) electrons. The van der Waals surface area contributed by atoms with Gasteiger partial charge in [-0.05, 0) is 30.7 Å². The Balaban J connectivity index is 1.49. The zero-order valence-electron chi connectivity index (χ0n) is 12.7. The first-order valence-electron chi connectivity index (χ1n) is 7.92. The molecule has 0 spiro atoms. The number of morpholine rings is 1. The van der Waals surface area contributed by atoms with Crippen LogP contribution in [0.4, 0.5) is 0 Å². The first-order chi connectivity index (χ1) is 10.7. The van der Waals surface area contributed by atoms with E-state index < -0.39 is 6.04 Å². The average Bonchev–Trinajstić information content (AvgIpc) is 2.56. The molecule has 0 aromatic heterocycles. The van der Waals surface area contributed by atoms with E-state index in [9.17, 15) is 9.59 Å². The second-order valence-corrected chi connectivity index (χ2v) is 6.09. The minimum absolute atomic E-state index is 0.00814. The third-order valence-corrected chi connectivity index (χ3v) is 4.44. The minimum Gasteiger partial charge on any atom is -0.369 e. The molecular weight excluding hydrogens is 280 g/mol. The van der Waals surface area contributed by atoms with Crippen molar-refractivity contribution in [3.63, 3.8) is 0 Å². The van der Waals surface area contributed by atoms with Gasteiger partial charge in [-0.15, -0.1) is 0 Å². The van der Waals surface area contributed by atoms with Gasteiger partial charge in [0.05, 0.1) is 6.61 Å². The van der Waals surface area contributed by atoms with Crippen LogP contribution in [0.3, 0.4) is 0 Å². The molecule has 2 amide bonds. The molecule has 0 saturated carbocycles. The number of nitrogens with zero attached hydrogens (tertiary/aromatic N) is 1. The lowest BCUT2D eigenvalue weighted by Gasteiger charge is -2.35. The van der Waals surface area contributed by atoms with Crippen LogP contribution >= 0.6 is 0 Å². The Kier molecular flexibility index (Phi) is 4.73. The highest BCUT2D eigenvalue weighted by Crippen LogP contribution is 2.22. The van der Waals surface area contributed by atoms with Crippen molar-refractivity contribution in [2.45, 2.75) is 25.3 Å². The Bertz CT molecular complexity index is 524. The monoisotopic (exact) mass is 302 g/mol. The van der Waals surface area contributed by atoms with Crippen LogP contribution < -0.4 is 5.32 Å². The summed E-state index contributed by atoms with van der Waals surface area (Å²) in [6.07, 6.45) is 3.11. The molecule has 2 saturated heterocycles. The fourth-order valence-corrected chi connectivity index (χ4v) is 3.21. The highest BCUT2D eigenvalue weighted by atomic mass is 16.5. The predicted molar refractivity (Wildman–Crippen MR) is 82.2 cm³/mol. The van der Waals surface area contributed by atoms with E-state index in [1.165, 1.54) is 5.56 Å². The highest BCUT2D eigenvalue weighted by Gasteiger charge is 2.31. The number of piperidine rings is 1. The largest absolute Gasteiger partial charge is 0.369 e. The molecule has 1 N–H and O–H groups in total. The van der Waals surface area contributed by atoms with Gasteiger partial charge in [0.25, 0.3) is 0 Å². The summed E-state index contributed by atoms with van der Waals surface area (Å²) in [4.78, 5) is 25.6. The molecule has 22 heavy (non-hydrogen) atoms. The van der Waals surface area contributed by atoms with Gasteiger partial charge in [0.15, 0.2) is 0 Å². The van der Waals surface area contributed by atoms with E-state index in [-0.39, 0.29) is 25.0 Å². The molecule has 1 unspecified atom stereocenters. The maximum Gasteiger partial charge on any atom is 0.247 e. The van der Waals surface area contributed by atoms with Crippen molar-refractivity contribution in [2.75, 3.05) is 26.3 Å². The van der Waals surface area contributed by atoms with E-state index >= 15 is 0 Å². The Morgan fingerprint density at radius 2 is 1.95 bits per heavy atom. The van der Waals surface area contributed by atoms with Crippen molar-refractivity contribution in [1.82, 2.24) is 10.2 Å². The maximum absolute atomic E-state index is 12.4. The van der Waals surface area contributed by atoms with Gasteiger partial charge >= 0.3 is 0 Å². The number of carbonyl (C=O) groups excluding carboxylic acids is 2. The molecule has 0 aliphatic carbocycles. The van der Waals surface area contributed by atoms with E-state index in [0.717, 1.165) is 32.4 Å². The molecular formula is C17H22N2O3. The lowest BCUT2D eigenvalue weighted by Crippen LogP contribution is -2.56. The molecule has 1 aromatic rings. The van der Waals surface area contributed by atoms with Crippen LogP contribution in [0.15, 0.2) is 30.3 Å². The van der Waals surface area contributed by atoms with Gasteiger partial charge in [-0.3, -0.25) is 9.59 Å². The Morgan fingerprint density at radius 3 is 2.64 bits per heavy atom. The summed E-state index contributed by atoms with van der Waals surface area (Å²) in [5.74, 6) is 0.415. The van der Waals surface area contributed by atoms with Crippen LogP contribution in [0, 0.1) is 5.92 Å². The SMILES string of the molecule is O=C1COCC(C(=O)N2CCC(Cc3ccccc3)CC2)N1. The van der Waals surface area contributed by atoms with Crippen LogP contribution in [-0.4, -0.2) is 49.1 Å². The number of hydrogen-bond acceptors (Lipinski definition) is 3. The van der Waals surface area contributed by atoms with Gasteiger partial charge in [-0.2, -0.15) is 0 Å². The smallest absolute Gasteiger partial charge is 0.247 e. The fourth-order valence-electron chi connectivity index (χ4n) is 3.21. The van der Waals surface area contributed by atoms with Crippen molar-refractivity contribution in [3.05, 3.63) is 35.9 Å². The molecule has 118 valence electrons. The minimum atomic E-state index is -0.507. The van der Waals surface area contributed by atoms with Crippen LogP contribution in [0.1, 0.15) is 18.4 Å². The van der Waals surface area contributed by atoms with Gasteiger partial charge in [-0.1, -0.05) is 30.3 Å². The van der Waals surface area contributed by atoms with Crippen LogP contribution in [0.25, 0.3) is 0 Å². The molecule has 2 aliphatic heterocycles. The number of ether oxygens (including phenoxy) is 1. The van der Waals surface area contributed by atoms with Crippen molar-refractivity contribution >= 4 is 11.8 Å². The first-order valence-corrected chi connectivity index (χ1v) is 7.92. The number of carbonyl (C=O) groups is 2. The van der Waals surface area contributed by atoms with Gasteiger partial charge in [0.1, 0.15) is 12.6 Å². The second kappa shape index (κ2) is 6.92.